The first kappa shape index (κ1) is 10.6. The molecule has 4 heteroatoms. The Morgan fingerprint density at radius 2 is 2.00 bits per heavy atom. The Balaban J connectivity index is 1.55. The number of aromatic nitrogens is 2. The van der Waals surface area contributed by atoms with Gasteiger partial charge in [0.05, 0.1) is 6.04 Å². The van der Waals surface area contributed by atoms with E-state index in [1.165, 1.54) is 5.56 Å². The summed E-state index contributed by atoms with van der Waals surface area (Å²) in [5, 5.41) is 4.24. The molecule has 1 fully saturated rings. The van der Waals surface area contributed by atoms with Crippen molar-refractivity contribution in [3.05, 3.63) is 48.3 Å². The first-order chi connectivity index (χ1) is 8.31. The minimum atomic E-state index is 0.482. The molecule has 1 aromatic heterocycles. The van der Waals surface area contributed by atoms with Crippen molar-refractivity contribution in [2.45, 2.75) is 12.6 Å². The van der Waals surface area contributed by atoms with Crippen molar-refractivity contribution in [3.8, 4) is 0 Å². The maximum absolute atomic E-state index is 5.66. The lowest BCUT2D eigenvalue weighted by atomic mass is 10.0. The van der Waals surface area contributed by atoms with Crippen molar-refractivity contribution in [1.82, 2.24) is 14.7 Å². The van der Waals surface area contributed by atoms with Gasteiger partial charge >= 0.3 is 0 Å². The number of rotatable bonds is 3. The monoisotopic (exact) mass is 223 g/mol. The molecule has 2 heterocycles. The van der Waals surface area contributed by atoms with Crippen LogP contribution in [0.5, 0.6) is 0 Å². The largest absolute Gasteiger partial charge is 0.295 e. The fraction of sp³-hybridized carbons (Fsp3) is 0.308. The molecule has 1 aliphatic rings. The van der Waals surface area contributed by atoms with Crippen LogP contribution in [0.3, 0.4) is 0 Å². The second kappa shape index (κ2) is 4.38. The van der Waals surface area contributed by atoms with E-state index in [1.807, 2.05) is 10.9 Å². The smallest absolute Gasteiger partial charge is 0.118 e. The third kappa shape index (κ3) is 2.27. The quantitative estimate of drug-likeness (QED) is 0.715. The summed E-state index contributed by atoms with van der Waals surface area (Å²) in [6.45, 7) is 3.13. The molecule has 0 unspecified atom stereocenters. The molecular weight excluding hydrogens is 209 g/mol. The molecule has 17 heavy (non-hydrogen) atoms. The zero-order valence-corrected chi connectivity index (χ0v) is 9.66. The zero-order chi connectivity index (χ0) is 11.7. The SMILES string of the molecule is [B]c1cnn(C2CN(Cc3ccccc3)C2)c1. The van der Waals surface area contributed by atoms with Crippen molar-refractivity contribution in [2.75, 3.05) is 13.1 Å². The van der Waals surface area contributed by atoms with Gasteiger partial charge in [0.1, 0.15) is 7.85 Å². The second-order valence-electron chi connectivity index (χ2n) is 4.59. The molecular formula is C13H14BN3. The molecule has 0 spiro atoms. The van der Waals surface area contributed by atoms with Crippen LogP contribution in [0, 0.1) is 0 Å². The molecule has 2 radical (unpaired) electrons. The summed E-state index contributed by atoms with van der Waals surface area (Å²) in [5.74, 6) is 0. The fourth-order valence-corrected chi connectivity index (χ4v) is 2.23. The molecule has 3 rings (SSSR count). The van der Waals surface area contributed by atoms with Crippen LogP contribution in [0.2, 0.25) is 0 Å². The van der Waals surface area contributed by atoms with E-state index in [4.69, 9.17) is 7.85 Å². The lowest BCUT2D eigenvalue weighted by Gasteiger charge is -2.39. The summed E-state index contributed by atoms with van der Waals surface area (Å²) >= 11 is 0. The zero-order valence-electron chi connectivity index (χ0n) is 9.66. The molecule has 3 nitrogen and oxygen atoms in total. The average molecular weight is 223 g/mol. The second-order valence-corrected chi connectivity index (χ2v) is 4.59. The summed E-state index contributed by atoms with van der Waals surface area (Å²) in [5.41, 5.74) is 2.11. The van der Waals surface area contributed by atoms with Crippen LogP contribution in [-0.2, 0) is 6.54 Å². The molecule has 0 saturated carbocycles. The van der Waals surface area contributed by atoms with Gasteiger partial charge < -0.3 is 0 Å². The van der Waals surface area contributed by atoms with Crippen molar-refractivity contribution < 1.29 is 0 Å². The van der Waals surface area contributed by atoms with Crippen LogP contribution in [0.15, 0.2) is 42.7 Å². The maximum Gasteiger partial charge on any atom is 0.118 e. The van der Waals surface area contributed by atoms with Gasteiger partial charge in [-0.25, -0.2) is 0 Å². The lowest BCUT2D eigenvalue weighted by molar-refractivity contribution is 0.0910. The molecule has 2 aromatic rings. The third-order valence-corrected chi connectivity index (χ3v) is 3.18. The van der Waals surface area contributed by atoms with Crippen LogP contribution >= 0.6 is 0 Å². The standard InChI is InChI=1S/C13H14BN3/c14-12-6-15-17(8-12)13-9-16(10-13)7-11-4-2-1-3-5-11/h1-6,8,13H,7,9-10H2. The van der Waals surface area contributed by atoms with Crippen molar-refractivity contribution in [3.63, 3.8) is 0 Å². The van der Waals surface area contributed by atoms with Crippen LogP contribution in [0.4, 0.5) is 0 Å². The van der Waals surface area contributed by atoms with E-state index < -0.39 is 0 Å². The summed E-state index contributed by atoms with van der Waals surface area (Å²) in [6.07, 6.45) is 3.62. The van der Waals surface area contributed by atoms with Crippen molar-refractivity contribution in [1.29, 1.82) is 0 Å². The highest BCUT2D eigenvalue weighted by molar-refractivity contribution is 6.31. The number of benzene rings is 1. The minimum absolute atomic E-state index is 0.482. The van der Waals surface area contributed by atoms with Gasteiger partial charge in [-0.05, 0) is 5.56 Å². The minimum Gasteiger partial charge on any atom is -0.295 e. The number of likely N-dealkylation sites (tertiary alicyclic amines) is 1. The molecule has 0 bridgehead atoms. The van der Waals surface area contributed by atoms with E-state index in [0.717, 1.165) is 25.1 Å². The van der Waals surface area contributed by atoms with Gasteiger partial charge in [-0.2, -0.15) is 5.10 Å². The van der Waals surface area contributed by atoms with Crippen LogP contribution in [0.25, 0.3) is 0 Å². The van der Waals surface area contributed by atoms with Gasteiger partial charge in [-0.1, -0.05) is 35.8 Å². The Labute approximate surface area is 102 Å². The molecule has 0 N–H and O–H groups in total. The molecule has 1 aliphatic heterocycles. The Hall–Kier alpha value is -1.55. The normalized spacial score (nSPS) is 16.9. The Kier molecular flexibility index (Phi) is 2.73. The van der Waals surface area contributed by atoms with E-state index in [9.17, 15) is 0 Å². The molecule has 84 valence electrons. The molecule has 1 aromatic carbocycles. The Morgan fingerprint density at radius 3 is 2.65 bits per heavy atom. The van der Waals surface area contributed by atoms with Crippen molar-refractivity contribution in [2.24, 2.45) is 0 Å². The van der Waals surface area contributed by atoms with Gasteiger partial charge in [0.25, 0.3) is 0 Å². The highest BCUT2D eigenvalue weighted by Crippen LogP contribution is 2.21. The van der Waals surface area contributed by atoms with Crippen LogP contribution in [-0.4, -0.2) is 35.6 Å². The Morgan fingerprint density at radius 1 is 1.24 bits per heavy atom. The van der Waals surface area contributed by atoms with E-state index in [0.29, 0.717) is 6.04 Å². The first-order valence-electron chi connectivity index (χ1n) is 5.87. The predicted molar refractivity (Wildman–Crippen MR) is 68.4 cm³/mol. The fourth-order valence-electron chi connectivity index (χ4n) is 2.23. The van der Waals surface area contributed by atoms with Gasteiger partial charge in [-0.15, -0.1) is 0 Å². The number of hydrogen-bond acceptors (Lipinski definition) is 2. The van der Waals surface area contributed by atoms with Gasteiger partial charge in [0.15, 0.2) is 0 Å². The summed E-state index contributed by atoms with van der Waals surface area (Å²) in [7, 11) is 5.66. The van der Waals surface area contributed by atoms with Gasteiger partial charge in [0.2, 0.25) is 0 Å². The van der Waals surface area contributed by atoms with Crippen LogP contribution < -0.4 is 5.46 Å². The lowest BCUT2D eigenvalue weighted by Crippen LogP contribution is -2.47. The summed E-state index contributed by atoms with van der Waals surface area (Å²) in [6, 6.07) is 11.0. The number of hydrogen-bond donors (Lipinski definition) is 0. The topological polar surface area (TPSA) is 21.1 Å². The first-order valence-corrected chi connectivity index (χ1v) is 5.87. The summed E-state index contributed by atoms with van der Waals surface area (Å²) in [4.78, 5) is 2.41. The van der Waals surface area contributed by atoms with E-state index in [2.05, 4.69) is 40.3 Å². The highest BCUT2D eigenvalue weighted by atomic mass is 15.4. The van der Waals surface area contributed by atoms with Crippen molar-refractivity contribution >= 4 is 13.3 Å². The van der Waals surface area contributed by atoms with Crippen LogP contribution in [0.1, 0.15) is 11.6 Å². The average Bonchev–Trinajstić information content (AvgIpc) is 2.71. The molecule has 0 aliphatic carbocycles. The van der Waals surface area contributed by atoms with Gasteiger partial charge in [0, 0.05) is 32.0 Å². The molecule has 1 saturated heterocycles. The van der Waals surface area contributed by atoms with E-state index in [1.54, 1.807) is 6.20 Å². The highest BCUT2D eigenvalue weighted by Gasteiger charge is 2.28. The predicted octanol–water partition coefficient (Wildman–Crippen LogP) is 0.734. The molecule has 0 amide bonds. The molecule has 0 atom stereocenters. The van der Waals surface area contributed by atoms with E-state index in [-0.39, 0.29) is 0 Å². The van der Waals surface area contributed by atoms with Gasteiger partial charge in [-0.3, -0.25) is 9.58 Å². The summed E-state index contributed by atoms with van der Waals surface area (Å²) < 4.78 is 1.97. The number of nitrogens with zero attached hydrogens (tertiary/aromatic N) is 3. The Bertz CT molecular complexity index is 488. The maximum atomic E-state index is 5.66. The van der Waals surface area contributed by atoms with E-state index >= 15 is 0 Å². The third-order valence-electron chi connectivity index (χ3n) is 3.18.